The molecule has 0 radical (unpaired) electrons. The predicted octanol–water partition coefficient (Wildman–Crippen LogP) is 1.83. The van der Waals surface area contributed by atoms with Crippen LogP contribution in [0.5, 0.6) is 0 Å². The third kappa shape index (κ3) is 3.28. The van der Waals surface area contributed by atoms with Gasteiger partial charge in [0, 0.05) is 12.2 Å². The average molecular weight is 235 g/mol. The highest BCUT2D eigenvalue weighted by atomic mass is 16.7. The van der Waals surface area contributed by atoms with E-state index >= 15 is 0 Å². The van der Waals surface area contributed by atoms with Crippen molar-refractivity contribution in [3.8, 4) is 0 Å². The Kier molecular flexibility index (Phi) is 4.12. The molecule has 1 atom stereocenters. The van der Waals surface area contributed by atoms with E-state index in [1.807, 2.05) is 12.1 Å². The molecule has 0 aromatic heterocycles. The molecule has 1 fully saturated rings. The van der Waals surface area contributed by atoms with Gasteiger partial charge in [0.05, 0.1) is 6.61 Å². The number of rotatable bonds is 4. The van der Waals surface area contributed by atoms with Crippen LogP contribution in [0.15, 0.2) is 24.3 Å². The van der Waals surface area contributed by atoms with E-state index < -0.39 is 5.91 Å². The molecule has 1 aromatic carbocycles. The van der Waals surface area contributed by atoms with E-state index in [1.54, 1.807) is 12.1 Å². The fourth-order valence-corrected chi connectivity index (χ4v) is 1.91. The topological polar surface area (TPSA) is 61.6 Å². The minimum absolute atomic E-state index is 0.148. The van der Waals surface area contributed by atoms with Gasteiger partial charge in [-0.15, -0.1) is 0 Å². The van der Waals surface area contributed by atoms with Crippen molar-refractivity contribution in [2.45, 2.75) is 32.2 Å². The van der Waals surface area contributed by atoms with E-state index in [1.165, 1.54) is 0 Å². The second kappa shape index (κ2) is 5.80. The number of primary amides is 1. The van der Waals surface area contributed by atoms with Crippen LogP contribution in [0.3, 0.4) is 0 Å². The molecule has 0 bridgehead atoms. The van der Waals surface area contributed by atoms with Crippen molar-refractivity contribution in [1.29, 1.82) is 0 Å². The normalized spacial score (nSPS) is 20.1. The van der Waals surface area contributed by atoms with Crippen LogP contribution >= 0.6 is 0 Å². The van der Waals surface area contributed by atoms with Gasteiger partial charge in [0.2, 0.25) is 5.91 Å². The number of hydrogen-bond acceptors (Lipinski definition) is 3. The van der Waals surface area contributed by atoms with E-state index in [-0.39, 0.29) is 6.29 Å². The SMILES string of the molecule is NC(=O)c1ccccc1COC1CCCCO1. The van der Waals surface area contributed by atoms with Crippen LogP contribution in [0.1, 0.15) is 35.2 Å². The molecular weight excluding hydrogens is 218 g/mol. The summed E-state index contributed by atoms with van der Waals surface area (Å²) < 4.78 is 11.1. The van der Waals surface area contributed by atoms with Crippen molar-refractivity contribution in [2.75, 3.05) is 6.61 Å². The minimum Gasteiger partial charge on any atom is -0.366 e. The lowest BCUT2D eigenvalue weighted by Gasteiger charge is -2.23. The lowest BCUT2D eigenvalue weighted by Crippen LogP contribution is -2.23. The zero-order valence-electron chi connectivity index (χ0n) is 9.72. The Morgan fingerprint density at radius 1 is 1.41 bits per heavy atom. The summed E-state index contributed by atoms with van der Waals surface area (Å²) in [5.74, 6) is -0.422. The van der Waals surface area contributed by atoms with E-state index in [0.29, 0.717) is 12.2 Å². The maximum Gasteiger partial charge on any atom is 0.249 e. The smallest absolute Gasteiger partial charge is 0.249 e. The molecule has 17 heavy (non-hydrogen) atoms. The number of nitrogens with two attached hydrogens (primary N) is 1. The summed E-state index contributed by atoms with van der Waals surface area (Å²) in [6, 6.07) is 7.22. The number of carbonyl (C=O) groups excluding carboxylic acids is 1. The van der Waals surface area contributed by atoms with Crippen molar-refractivity contribution in [3.05, 3.63) is 35.4 Å². The lowest BCUT2D eigenvalue weighted by molar-refractivity contribution is -0.168. The summed E-state index contributed by atoms with van der Waals surface area (Å²) in [7, 11) is 0. The molecule has 2 N–H and O–H groups in total. The van der Waals surface area contributed by atoms with E-state index in [4.69, 9.17) is 15.2 Å². The highest BCUT2D eigenvalue weighted by molar-refractivity contribution is 5.94. The molecule has 1 saturated heterocycles. The maximum atomic E-state index is 11.2. The second-order valence-electron chi connectivity index (χ2n) is 4.13. The molecule has 4 nitrogen and oxygen atoms in total. The molecule has 0 saturated carbocycles. The molecule has 92 valence electrons. The Bertz CT molecular complexity index is 386. The first-order valence-corrected chi connectivity index (χ1v) is 5.88. The number of benzene rings is 1. The van der Waals surface area contributed by atoms with Crippen LogP contribution in [0.2, 0.25) is 0 Å². The highest BCUT2D eigenvalue weighted by Gasteiger charge is 2.15. The van der Waals surface area contributed by atoms with Crippen LogP contribution in [-0.4, -0.2) is 18.8 Å². The molecule has 0 spiro atoms. The van der Waals surface area contributed by atoms with Gasteiger partial charge in [0.15, 0.2) is 6.29 Å². The average Bonchev–Trinajstić information content (AvgIpc) is 2.38. The van der Waals surface area contributed by atoms with Gasteiger partial charge >= 0.3 is 0 Å². The Labute approximate surface area is 101 Å². The largest absolute Gasteiger partial charge is 0.366 e. The van der Waals surface area contributed by atoms with Gasteiger partial charge in [-0.05, 0) is 30.9 Å². The highest BCUT2D eigenvalue weighted by Crippen LogP contribution is 2.17. The standard InChI is InChI=1S/C13H17NO3/c14-13(15)11-6-2-1-5-10(11)9-17-12-7-3-4-8-16-12/h1-2,5-6,12H,3-4,7-9H2,(H2,14,15). The van der Waals surface area contributed by atoms with Crippen LogP contribution < -0.4 is 5.73 Å². The van der Waals surface area contributed by atoms with Crippen molar-refractivity contribution >= 4 is 5.91 Å². The second-order valence-corrected chi connectivity index (χ2v) is 4.13. The molecular formula is C13H17NO3. The Morgan fingerprint density at radius 3 is 2.94 bits per heavy atom. The number of hydrogen-bond donors (Lipinski definition) is 1. The van der Waals surface area contributed by atoms with Crippen LogP contribution in [0, 0.1) is 0 Å². The van der Waals surface area contributed by atoms with Gasteiger partial charge in [-0.2, -0.15) is 0 Å². The summed E-state index contributed by atoms with van der Waals surface area (Å²) in [6.07, 6.45) is 2.99. The molecule has 0 aliphatic carbocycles. The first-order chi connectivity index (χ1) is 8.27. The van der Waals surface area contributed by atoms with Gasteiger partial charge in [-0.25, -0.2) is 0 Å². The van der Waals surface area contributed by atoms with Gasteiger partial charge in [0.1, 0.15) is 0 Å². The number of amides is 1. The summed E-state index contributed by atoms with van der Waals surface area (Å²) in [5, 5.41) is 0. The quantitative estimate of drug-likeness (QED) is 0.866. The van der Waals surface area contributed by atoms with Crippen LogP contribution in [0.25, 0.3) is 0 Å². The minimum atomic E-state index is -0.422. The van der Waals surface area contributed by atoms with Crippen molar-refractivity contribution in [2.24, 2.45) is 5.73 Å². The third-order valence-electron chi connectivity index (χ3n) is 2.85. The van der Waals surface area contributed by atoms with Gasteiger partial charge < -0.3 is 15.2 Å². The summed E-state index contributed by atoms with van der Waals surface area (Å²) in [6.45, 7) is 1.12. The molecule has 1 unspecified atom stereocenters. The molecule has 1 aromatic rings. The zero-order valence-corrected chi connectivity index (χ0v) is 9.72. The van der Waals surface area contributed by atoms with Gasteiger partial charge in [0.25, 0.3) is 0 Å². The number of ether oxygens (including phenoxy) is 2. The predicted molar refractivity (Wildman–Crippen MR) is 63.3 cm³/mol. The Morgan fingerprint density at radius 2 is 2.24 bits per heavy atom. The van der Waals surface area contributed by atoms with Gasteiger partial charge in [-0.3, -0.25) is 4.79 Å². The number of carbonyl (C=O) groups is 1. The fourth-order valence-electron chi connectivity index (χ4n) is 1.91. The Hall–Kier alpha value is -1.39. The summed E-state index contributed by atoms with van der Waals surface area (Å²) in [5.41, 5.74) is 6.63. The molecule has 2 rings (SSSR count). The van der Waals surface area contributed by atoms with Gasteiger partial charge in [-0.1, -0.05) is 18.2 Å². The monoisotopic (exact) mass is 235 g/mol. The van der Waals surface area contributed by atoms with E-state index in [2.05, 4.69) is 0 Å². The Balaban J connectivity index is 1.96. The summed E-state index contributed by atoms with van der Waals surface area (Å²) >= 11 is 0. The molecule has 1 aliphatic heterocycles. The first kappa shape index (κ1) is 12.1. The summed E-state index contributed by atoms with van der Waals surface area (Å²) in [4.78, 5) is 11.2. The van der Waals surface area contributed by atoms with Crippen molar-refractivity contribution in [3.63, 3.8) is 0 Å². The van der Waals surface area contributed by atoms with E-state index in [9.17, 15) is 4.79 Å². The lowest BCUT2D eigenvalue weighted by atomic mass is 10.1. The molecule has 1 aliphatic rings. The molecule has 1 heterocycles. The zero-order chi connectivity index (χ0) is 12.1. The van der Waals surface area contributed by atoms with Crippen LogP contribution in [0.4, 0.5) is 0 Å². The van der Waals surface area contributed by atoms with Crippen LogP contribution in [-0.2, 0) is 16.1 Å². The van der Waals surface area contributed by atoms with Crippen molar-refractivity contribution < 1.29 is 14.3 Å². The first-order valence-electron chi connectivity index (χ1n) is 5.88. The van der Waals surface area contributed by atoms with E-state index in [0.717, 1.165) is 31.4 Å². The third-order valence-corrected chi connectivity index (χ3v) is 2.85. The molecule has 4 heteroatoms. The molecule has 1 amide bonds. The van der Waals surface area contributed by atoms with Crippen molar-refractivity contribution in [1.82, 2.24) is 0 Å². The fraction of sp³-hybridized carbons (Fsp3) is 0.462. The maximum absolute atomic E-state index is 11.2.